The van der Waals surface area contributed by atoms with Gasteiger partial charge in [0.25, 0.3) is 0 Å². The Balaban J connectivity index is 1.97. The van der Waals surface area contributed by atoms with E-state index in [1.54, 1.807) is 0 Å². The van der Waals surface area contributed by atoms with Crippen LogP contribution in [0.25, 0.3) is 0 Å². The third-order valence-corrected chi connectivity index (χ3v) is 2.30. The maximum atomic E-state index is 6.97. The first-order chi connectivity index (χ1) is 9.24. The molecule has 19 heavy (non-hydrogen) atoms. The van der Waals surface area contributed by atoms with Crippen LogP contribution < -0.4 is 16.0 Å². The van der Waals surface area contributed by atoms with Crippen molar-refractivity contribution in [1.82, 2.24) is 5.48 Å². The summed E-state index contributed by atoms with van der Waals surface area (Å²) in [6.07, 6.45) is 0. The molecule has 0 aliphatic heterocycles. The van der Waals surface area contributed by atoms with E-state index in [1.807, 2.05) is 54.6 Å². The van der Waals surface area contributed by atoms with Gasteiger partial charge in [-0.2, -0.15) is 0 Å². The van der Waals surface area contributed by atoms with E-state index in [0.717, 1.165) is 17.1 Å². The molecule has 0 saturated carbocycles. The first-order valence-electron chi connectivity index (χ1n) is 5.78. The minimum Gasteiger partial charge on any atom is -0.457 e. The third-order valence-electron chi connectivity index (χ3n) is 2.30. The molecule has 0 radical (unpaired) electrons. The average molecular weight is 257 g/mol. The summed E-state index contributed by atoms with van der Waals surface area (Å²) >= 11 is 0. The minimum absolute atomic E-state index is 0.225. The Morgan fingerprint density at radius 2 is 1.79 bits per heavy atom. The number of nitrogens with one attached hydrogen (secondary N) is 2. The van der Waals surface area contributed by atoms with Crippen molar-refractivity contribution in [2.75, 3.05) is 0 Å². The molecule has 5 heteroatoms. The van der Waals surface area contributed by atoms with Gasteiger partial charge in [-0.15, -0.1) is 0 Å². The van der Waals surface area contributed by atoms with E-state index < -0.39 is 0 Å². The van der Waals surface area contributed by atoms with Crippen LogP contribution in [0.15, 0.2) is 54.6 Å². The van der Waals surface area contributed by atoms with Crippen LogP contribution in [0, 0.1) is 5.41 Å². The van der Waals surface area contributed by atoms with Gasteiger partial charge in [-0.1, -0.05) is 30.3 Å². The quantitative estimate of drug-likeness (QED) is 0.436. The summed E-state index contributed by atoms with van der Waals surface area (Å²) in [7, 11) is 0. The summed E-state index contributed by atoms with van der Waals surface area (Å²) in [6.45, 7) is 0.297. The van der Waals surface area contributed by atoms with Crippen molar-refractivity contribution in [3.63, 3.8) is 0 Å². The zero-order valence-corrected chi connectivity index (χ0v) is 10.3. The maximum Gasteiger partial charge on any atom is 0.210 e. The highest BCUT2D eigenvalue weighted by atomic mass is 16.6. The molecule has 0 bridgehead atoms. The molecule has 0 aliphatic carbocycles. The number of nitrogens with two attached hydrogens (primary N) is 1. The Morgan fingerprint density at radius 3 is 2.53 bits per heavy atom. The number of guanidine groups is 1. The molecule has 0 fully saturated rings. The van der Waals surface area contributed by atoms with Gasteiger partial charge in [-0.3, -0.25) is 10.2 Å². The Hall–Kier alpha value is -2.53. The van der Waals surface area contributed by atoms with Crippen molar-refractivity contribution < 1.29 is 9.57 Å². The molecule has 4 N–H and O–H groups in total. The molecule has 0 aliphatic rings. The highest BCUT2D eigenvalue weighted by Gasteiger charge is 1.99. The van der Waals surface area contributed by atoms with Gasteiger partial charge in [0.05, 0.1) is 6.61 Å². The van der Waals surface area contributed by atoms with Crippen molar-refractivity contribution in [1.29, 1.82) is 5.41 Å². The summed E-state index contributed by atoms with van der Waals surface area (Å²) in [6, 6.07) is 17.1. The van der Waals surface area contributed by atoms with Crippen molar-refractivity contribution in [2.45, 2.75) is 6.61 Å². The summed E-state index contributed by atoms with van der Waals surface area (Å²) in [5, 5.41) is 6.97. The lowest BCUT2D eigenvalue weighted by atomic mass is 10.2. The molecule has 0 spiro atoms. The van der Waals surface area contributed by atoms with Crippen LogP contribution >= 0.6 is 0 Å². The van der Waals surface area contributed by atoms with E-state index in [1.165, 1.54) is 0 Å². The summed E-state index contributed by atoms with van der Waals surface area (Å²) in [5.74, 6) is 1.29. The van der Waals surface area contributed by atoms with Gasteiger partial charge in [-0.05, 0) is 29.8 Å². The number of rotatable bonds is 5. The smallest absolute Gasteiger partial charge is 0.210 e. The highest BCUT2D eigenvalue weighted by molar-refractivity contribution is 5.72. The summed E-state index contributed by atoms with van der Waals surface area (Å²) in [4.78, 5) is 5.03. The molecule has 0 aromatic heterocycles. The van der Waals surface area contributed by atoms with Crippen LogP contribution in [0.5, 0.6) is 11.5 Å². The molecule has 0 amide bonds. The van der Waals surface area contributed by atoms with Gasteiger partial charge in [0.2, 0.25) is 5.96 Å². The number of hydrogen-bond donors (Lipinski definition) is 3. The van der Waals surface area contributed by atoms with Crippen LogP contribution in [-0.2, 0) is 11.4 Å². The molecule has 0 atom stereocenters. The van der Waals surface area contributed by atoms with Crippen molar-refractivity contribution in [3.05, 3.63) is 60.2 Å². The number of hydroxylamine groups is 1. The standard InChI is InChI=1S/C14H15N3O2/c15-14(16)17-18-10-11-5-4-8-13(9-11)19-12-6-2-1-3-7-12/h1-9H,10H2,(H4,15,16,17). The predicted molar refractivity (Wildman–Crippen MR) is 72.8 cm³/mol. The molecule has 2 aromatic rings. The SMILES string of the molecule is N=C(N)NOCc1cccc(Oc2ccccc2)c1. The van der Waals surface area contributed by atoms with Gasteiger partial charge in [0, 0.05) is 0 Å². The van der Waals surface area contributed by atoms with Crippen LogP contribution in [0.4, 0.5) is 0 Å². The molecular formula is C14H15N3O2. The fourth-order valence-electron chi connectivity index (χ4n) is 1.52. The van der Waals surface area contributed by atoms with Gasteiger partial charge in [0.15, 0.2) is 0 Å². The van der Waals surface area contributed by atoms with E-state index in [9.17, 15) is 0 Å². The van der Waals surface area contributed by atoms with Crippen LogP contribution in [0.2, 0.25) is 0 Å². The second-order valence-corrected chi connectivity index (χ2v) is 3.87. The molecule has 2 aromatic carbocycles. The second kappa shape index (κ2) is 6.42. The Morgan fingerprint density at radius 1 is 1.05 bits per heavy atom. The van der Waals surface area contributed by atoms with Crippen molar-refractivity contribution in [3.8, 4) is 11.5 Å². The normalized spacial score (nSPS) is 9.89. The van der Waals surface area contributed by atoms with E-state index in [0.29, 0.717) is 6.61 Å². The number of hydrogen-bond acceptors (Lipinski definition) is 3. The average Bonchev–Trinajstić information content (AvgIpc) is 2.40. The lowest BCUT2D eigenvalue weighted by molar-refractivity contribution is 0.0697. The molecule has 98 valence electrons. The van der Waals surface area contributed by atoms with Gasteiger partial charge in [-0.25, -0.2) is 5.48 Å². The number of para-hydroxylation sites is 1. The Bertz CT molecular complexity index is 543. The number of benzene rings is 2. The van der Waals surface area contributed by atoms with E-state index in [-0.39, 0.29) is 5.96 Å². The first kappa shape index (κ1) is 12.9. The molecular weight excluding hydrogens is 242 g/mol. The van der Waals surface area contributed by atoms with E-state index in [2.05, 4.69) is 5.48 Å². The molecule has 0 saturated heterocycles. The Kier molecular flexibility index (Phi) is 4.36. The molecule has 0 unspecified atom stereocenters. The fourth-order valence-corrected chi connectivity index (χ4v) is 1.52. The summed E-state index contributed by atoms with van der Waals surface area (Å²) < 4.78 is 5.70. The first-order valence-corrected chi connectivity index (χ1v) is 5.78. The molecule has 2 rings (SSSR count). The highest BCUT2D eigenvalue weighted by Crippen LogP contribution is 2.21. The summed E-state index contributed by atoms with van der Waals surface area (Å²) in [5.41, 5.74) is 8.31. The van der Waals surface area contributed by atoms with Crippen LogP contribution in [0.3, 0.4) is 0 Å². The second-order valence-electron chi connectivity index (χ2n) is 3.87. The van der Waals surface area contributed by atoms with Crippen LogP contribution in [-0.4, -0.2) is 5.96 Å². The largest absolute Gasteiger partial charge is 0.457 e. The zero-order valence-electron chi connectivity index (χ0n) is 10.3. The predicted octanol–water partition coefficient (Wildman–Crippen LogP) is 2.39. The minimum atomic E-state index is -0.225. The fraction of sp³-hybridized carbons (Fsp3) is 0.0714. The third kappa shape index (κ3) is 4.33. The van der Waals surface area contributed by atoms with Gasteiger partial charge >= 0.3 is 0 Å². The molecule has 0 heterocycles. The number of ether oxygens (including phenoxy) is 1. The monoisotopic (exact) mass is 257 g/mol. The van der Waals surface area contributed by atoms with E-state index in [4.69, 9.17) is 20.7 Å². The molecule has 5 nitrogen and oxygen atoms in total. The topological polar surface area (TPSA) is 80.4 Å². The van der Waals surface area contributed by atoms with Crippen LogP contribution in [0.1, 0.15) is 5.56 Å². The zero-order chi connectivity index (χ0) is 13.5. The lowest BCUT2D eigenvalue weighted by Gasteiger charge is -2.08. The van der Waals surface area contributed by atoms with E-state index >= 15 is 0 Å². The van der Waals surface area contributed by atoms with Crippen molar-refractivity contribution >= 4 is 5.96 Å². The lowest BCUT2D eigenvalue weighted by Crippen LogP contribution is -2.30. The van der Waals surface area contributed by atoms with Crippen molar-refractivity contribution in [2.24, 2.45) is 5.73 Å². The van der Waals surface area contributed by atoms with Gasteiger partial charge < -0.3 is 10.5 Å². The van der Waals surface area contributed by atoms with Gasteiger partial charge in [0.1, 0.15) is 11.5 Å². The maximum absolute atomic E-state index is 6.97. The Labute approximate surface area is 111 Å².